The number of methoxy groups -OCH3 is 1. The fraction of sp³-hybridized carbons (Fsp3) is 0.261. The molecule has 156 valence electrons. The molecule has 0 fully saturated rings. The van der Waals surface area contributed by atoms with Crippen molar-refractivity contribution in [2.24, 2.45) is 0 Å². The molecule has 0 spiro atoms. The molecule has 0 saturated heterocycles. The van der Waals surface area contributed by atoms with Crippen molar-refractivity contribution in [1.29, 1.82) is 0 Å². The molecule has 3 rings (SSSR count). The summed E-state index contributed by atoms with van der Waals surface area (Å²) >= 11 is 1.58. The van der Waals surface area contributed by atoms with E-state index in [9.17, 15) is 14.4 Å². The molecule has 0 aliphatic rings. The molecule has 0 radical (unpaired) electrons. The lowest BCUT2D eigenvalue weighted by molar-refractivity contribution is -0.142. The van der Waals surface area contributed by atoms with E-state index in [2.05, 4.69) is 5.32 Å². The number of nitrogens with one attached hydrogen (secondary N) is 1. The van der Waals surface area contributed by atoms with Gasteiger partial charge >= 0.3 is 5.97 Å². The first-order chi connectivity index (χ1) is 14.5. The Kier molecular flexibility index (Phi) is 7.30. The Labute approximate surface area is 179 Å². The molecule has 1 heterocycles. The van der Waals surface area contributed by atoms with E-state index in [4.69, 9.17) is 4.74 Å². The summed E-state index contributed by atoms with van der Waals surface area (Å²) in [6, 6.07) is 15.8. The Morgan fingerprint density at radius 2 is 1.73 bits per heavy atom. The highest BCUT2D eigenvalue weighted by Crippen LogP contribution is 2.17. The number of hydrogen-bond donors (Lipinski definition) is 1. The number of pyridine rings is 1. The molecular formula is C23H24N2O4S. The normalized spacial score (nSPS) is 11.8. The zero-order valence-corrected chi connectivity index (χ0v) is 17.8. The van der Waals surface area contributed by atoms with E-state index in [0.29, 0.717) is 35.1 Å². The summed E-state index contributed by atoms with van der Waals surface area (Å²) in [4.78, 5) is 38.2. The van der Waals surface area contributed by atoms with Gasteiger partial charge in [-0.3, -0.25) is 9.59 Å². The molecule has 1 aromatic heterocycles. The van der Waals surface area contributed by atoms with Gasteiger partial charge in [0, 0.05) is 17.0 Å². The lowest BCUT2D eigenvalue weighted by Gasteiger charge is -2.18. The maximum atomic E-state index is 13.1. The van der Waals surface area contributed by atoms with E-state index in [1.54, 1.807) is 42.2 Å². The van der Waals surface area contributed by atoms with Crippen molar-refractivity contribution >= 4 is 34.4 Å². The van der Waals surface area contributed by atoms with E-state index < -0.39 is 17.9 Å². The second kappa shape index (κ2) is 10.1. The third kappa shape index (κ3) is 4.91. The second-order valence-electron chi connectivity index (χ2n) is 6.84. The maximum absolute atomic E-state index is 13.1. The van der Waals surface area contributed by atoms with Gasteiger partial charge in [0.05, 0.1) is 19.2 Å². The van der Waals surface area contributed by atoms with Crippen LogP contribution < -0.4 is 10.9 Å². The lowest BCUT2D eigenvalue weighted by atomic mass is 10.1. The molecule has 1 unspecified atom stereocenters. The number of amides is 1. The number of hydrogen-bond acceptors (Lipinski definition) is 5. The van der Waals surface area contributed by atoms with Crippen LogP contribution in [0.15, 0.2) is 65.6 Å². The summed E-state index contributed by atoms with van der Waals surface area (Å²) in [5.41, 5.74) is 1.13. The first-order valence-electron chi connectivity index (χ1n) is 9.59. The molecule has 7 heteroatoms. The van der Waals surface area contributed by atoms with Crippen molar-refractivity contribution in [2.45, 2.75) is 19.0 Å². The van der Waals surface area contributed by atoms with E-state index in [1.807, 2.05) is 36.6 Å². The summed E-state index contributed by atoms with van der Waals surface area (Å²) in [6.07, 6.45) is 3.96. The first-order valence-corrected chi connectivity index (χ1v) is 11.0. The monoisotopic (exact) mass is 424 g/mol. The van der Waals surface area contributed by atoms with Crippen LogP contribution in [0.2, 0.25) is 0 Å². The van der Waals surface area contributed by atoms with Gasteiger partial charge in [-0.15, -0.1) is 0 Å². The van der Waals surface area contributed by atoms with Crippen LogP contribution in [0.4, 0.5) is 0 Å². The number of thioether (sulfide) groups is 1. The van der Waals surface area contributed by atoms with Crippen LogP contribution >= 0.6 is 11.8 Å². The van der Waals surface area contributed by atoms with Gasteiger partial charge in [0.1, 0.15) is 6.04 Å². The van der Waals surface area contributed by atoms with Crippen LogP contribution in [0.5, 0.6) is 0 Å². The Morgan fingerprint density at radius 3 is 2.40 bits per heavy atom. The molecule has 0 bridgehead atoms. The van der Waals surface area contributed by atoms with Gasteiger partial charge in [-0.1, -0.05) is 48.5 Å². The highest BCUT2D eigenvalue weighted by Gasteiger charge is 2.23. The molecule has 0 saturated carbocycles. The van der Waals surface area contributed by atoms with Crippen LogP contribution in [0, 0.1) is 0 Å². The van der Waals surface area contributed by atoms with Crippen LogP contribution in [-0.4, -0.2) is 41.6 Å². The zero-order chi connectivity index (χ0) is 21.5. The van der Waals surface area contributed by atoms with Gasteiger partial charge in [-0.2, -0.15) is 11.8 Å². The first kappa shape index (κ1) is 21.6. The van der Waals surface area contributed by atoms with Gasteiger partial charge in [0.2, 0.25) is 0 Å². The fourth-order valence-corrected chi connectivity index (χ4v) is 3.76. The highest BCUT2D eigenvalue weighted by atomic mass is 32.2. The van der Waals surface area contributed by atoms with Crippen LogP contribution in [-0.2, 0) is 16.1 Å². The quantitative estimate of drug-likeness (QED) is 0.563. The summed E-state index contributed by atoms with van der Waals surface area (Å²) in [6.45, 7) is 0.345. The maximum Gasteiger partial charge on any atom is 0.328 e. The highest BCUT2D eigenvalue weighted by molar-refractivity contribution is 7.98. The second-order valence-corrected chi connectivity index (χ2v) is 7.82. The third-order valence-electron chi connectivity index (χ3n) is 4.84. The fourth-order valence-electron chi connectivity index (χ4n) is 3.28. The van der Waals surface area contributed by atoms with E-state index in [1.165, 1.54) is 11.7 Å². The SMILES string of the molecule is COC(=O)C(CCSC)NC(=O)c1cn(Cc2ccccc2)c(=O)c2ccccc12. The van der Waals surface area contributed by atoms with Crippen molar-refractivity contribution in [1.82, 2.24) is 9.88 Å². The van der Waals surface area contributed by atoms with Gasteiger partial charge in [0.15, 0.2) is 0 Å². The van der Waals surface area contributed by atoms with Gasteiger partial charge in [0.25, 0.3) is 11.5 Å². The molecule has 1 amide bonds. The average Bonchev–Trinajstić information content (AvgIpc) is 2.78. The summed E-state index contributed by atoms with van der Waals surface area (Å²) in [5.74, 6) is -0.197. The number of benzene rings is 2. The number of rotatable bonds is 8. The third-order valence-corrected chi connectivity index (χ3v) is 5.48. The summed E-state index contributed by atoms with van der Waals surface area (Å²) in [7, 11) is 1.30. The minimum absolute atomic E-state index is 0.169. The Balaban J connectivity index is 2.01. The Bertz CT molecular complexity index is 1100. The number of nitrogens with zero attached hydrogens (tertiary/aromatic N) is 1. The van der Waals surface area contributed by atoms with Crippen molar-refractivity contribution in [3.05, 3.63) is 82.3 Å². The largest absolute Gasteiger partial charge is 0.467 e. The molecule has 1 atom stereocenters. The van der Waals surface area contributed by atoms with Gasteiger partial charge in [-0.05, 0) is 30.1 Å². The lowest BCUT2D eigenvalue weighted by Crippen LogP contribution is -2.42. The minimum atomic E-state index is -0.747. The van der Waals surface area contributed by atoms with E-state index >= 15 is 0 Å². The number of ether oxygens (including phenoxy) is 1. The van der Waals surface area contributed by atoms with Crippen molar-refractivity contribution < 1.29 is 14.3 Å². The van der Waals surface area contributed by atoms with Crippen LogP contribution in [0.25, 0.3) is 10.8 Å². The van der Waals surface area contributed by atoms with Crippen molar-refractivity contribution in [3.63, 3.8) is 0 Å². The molecule has 30 heavy (non-hydrogen) atoms. The summed E-state index contributed by atoms with van der Waals surface area (Å²) in [5, 5.41) is 3.79. The van der Waals surface area contributed by atoms with Crippen molar-refractivity contribution in [3.8, 4) is 0 Å². The molecule has 2 aromatic carbocycles. The average molecular weight is 425 g/mol. The number of aromatic nitrogens is 1. The van der Waals surface area contributed by atoms with Crippen LogP contribution in [0.1, 0.15) is 22.3 Å². The Hall–Kier alpha value is -3.06. The number of fused-ring (bicyclic) bond motifs is 1. The molecule has 6 nitrogen and oxygen atoms in total. The Morgan fingerprint density at radius 1 is 1.07 bits per heavy atom. The number of carbonyl (C=O) groups is 2. The topological polar surface area (TPSA) is 77.4 Å². The molecule has 3 aromatic rings. The van der Waals surface area contributed by atoms with Gasteiger partial charge in [-0.25, -0.2) is 4.79 Å². The number of esters is 1. The smallest absolute Gasteiger partial charge is 0.328 e. The minimum Gasteiger partial charge on any atom is -0.467 e. The van der Waals surface area contributed by atoms with Crippen LogP contribution in [0.3, 0.4) is 0 Å². The molecule has 0 aliphatic carbocycles. The predicted octanol–water partition coefficient (Wildman–Crippen LogP) is 3.07. The molecular weight excluding hydrogens is 400 g/mol. The van der Waals surface area contributed by atoms with Gasteiger partial charge < -0.3 is 14.6 Å². The predicted molar refractivity (Wildman–Crippen MR) is 120 cm³/mol. The standard InChI is InChI=1S/C23H24N2O4S/c1-29-23(28)20(12-13-30-2)24-21(26)19-15-25(14-16-8-4-3-5-9-16)22(27)18-11-7-6-10-17(18)19/h3-11,15,20H,12-14H2,1-2H3,(H,24,26). The zero-order valence-electron chi connectivity index (χ0n) is 17.0. The number of carbonyl (C=O) groups excluding carboxylic acids is 2. The van der Waals surface area contributed by atoms with E-state index in [-0.39, 0.29) is 5.56 Å². The molecule has 0 aliphatic heterocycles. The summed E-state index contributed by atoms with van der Waals surface area (Å²) < 4.78 is 6.37. The molecule has 1 N–H and O–H groups in total. The van der Waals surface area contributed by atoms with Crippen molar-refractivity contribution in [2.75, 3.05) is 19.1 Å². The van der Waals surface area contributed by atoms with E-state index in [0.717, 1.165) is 5.56 Å².